The first kappa shape index (κ1) is 20.0. The third kappa shape index (κ3) is 4.41. The van der Waals surface area contributed by atoms with E-state index in [0.29, 0.717) is 6.10 Å². The fourth-order valence-electron chi connectivity index (χ4n) is 5.15. The summed E-state index contributed by atoms with van der Waals surface area (Å²) in [6, 6.07) is 1.30. The molecule has 0 radical (unpaired) electrons. The lowest BCUT2D eigenvalue weighted by Crippen LogP contribution is -2.71. The molecule has 4 nitrogen and oxygen atoms in total. The molecule has 25 heavy (non-hydrogen) atoms. The van der Waals surface area contributed by atoms with E-state index in [2.05, 4.69) is 19.6 Å². The monoisotopic (exact) mass is 386 g/mol. The van der Waals surface area contributed by atoms with Crippen molar-refractivity contribution in [1.29, 1.82) is 0 Å². The summed E-state index contributed by atoms with van der Waals surface area (Å²) in [4.78, 5) is 0. The number of ether oxygens (including phenoxy) is 4. The largest absolute Gasteiger partial charge is 0.379 e. The molecule has 4 unspecified atom stereocenters. The van der Waals surface area contributed by atoms with Crippen molar-refractivity contribution in [2.75, 3.05) is 33.0 Å². The van der Waals surface area contributed by atoms with Gasteiger partial charge in [0.2, 0.25) is 0 Å². The Morgan fingerprint density at radius 2 is 1.60 bits per heavy atom. The Morgan fingerprint density at radius 3 is 2.12 bits per heavy atom. The molecule has 3 heterocycles. The maximum atomic E-state index is 6.75. The molecule has 6 heteroatoms. The van der Waals surface area contributed by atoms with Gasteiger partial charge in [-0.2, -0.15) is 0 Å². The molecule has 0 aliphatic carbocycles. The van der Waals surface area contributed by atoms with Gasteiger partial charge in [-0.15, -0.1) is 0 Å². The molecule has 3 aliphatic heterocycles. The number of rotatable bonds is 9. The summed E-state index contributed by atoms with van der Waals surface area (Å²) in [5, 5.41) is 0.158. The van der Waals surface area contributed by atoms with E-state index in [1.54, 1.807) is 0 Å². The molecule has 3 fully saturated rings. The Kier molecular flexibility index (Phi) is 7.19. The van der Waals surface area contributed by atoms with Crippen LogP contribution in [0.3, 0.4) is 0 Å². The van der Waals surface area contributed by atoms with Crippen LogP contribution in [-0.2, 0) is 18.9 Å². The molecule has 0 aromatic carbocycles. The van der Waals surface area contributed by atoms with Crippen molar-refractivity contribution in [2.24, 2.45) is 0 Å². The Hall–Kier alpha value is 0.274. The van der Waals surface area contributed by atoms with E-state index in [1.807, 2.05) is 0 Å². The highest BCUT2D eigenvalue weighted by atomic mass is 28.3. The number of hydrogen-bond acceptors (Lipinski definition) is 4. The van der Waals surface area contributed by atoms with Crippen LogP contribution in [-0.4, -0.2) is 67.2 Å². The third-order valence-corrected chi connectivity index (χ3v) is 13.6. The molecular weight excluding hydrogens is 348 g/mol. The highest BCUT2D eigenvalue weighted by Crippen LogP contribution is 2.47. The van der Waals surface area contributed by atoms with Crippen molar-refractivity contribution in [3.8, 4) is 0 Å². The third-order valence-electron chi connectivity index (χ3n) is 6.68. The van der Waals surface area contributed by atoms with E-state index in [9.17, 15) is 0 Å². The van der Waals surface area contributed by atoms with Crippen molar-refractivity contribution < 1.29 is 18.9 Å². The first-order valence-corrected chi connectivity index (χ1v) is 16.0. The average Bonchev–Trinajstić information content (AvgIpc) is 3.46. The minimum absolute atomic E-state index is 0.0751. The molecule has 3 rings (SSSR count). The molecular formula is C19H38O4Si2. The lowest BCUT2D eigenvalue weighted by Gasteiger charge is -2.58. The Balaban J connectivity index is 1.65. The van der Waals surface area contributed by atoms with Gasteiger partial charge in [0.15, 0.2) is 0 Å². The predicted octanol–water partition coefficient (Wildman–Crippen LogP) is 3.09. The van der Waals surface area contributed by atoms with Gasteiger partial charge < -0.3 is 18.9 Å². The predicted molar refractivity (Wildman–Crippen MR) is 107 cm³/mol. The van der Waals surface area contributed by atoms with Gasteiger partial charge in [-0.05, 0) is 44.9 Å². The second-order valence-corrected chi connectivity index (χ2v) is 15.2. The zero-order valence-electron chi connectivity index (χ0n) is 16.6. The van der Waals surface area contributed by atoms with E-state index in [-0.39, 0.29) is 10.4 Å². The zero-order valence-corrected chi connectivity index (χ0v) is 18.9. The smallest absolute Gasteiger partial charge is 0.104 e. The maximum Gasteiger partial charge on any atom is 0.104 e. The quantitative estimate of drug-likeness (QED) is 0.347. The van der Waals surface area contributed by atoms with E-state index in [1.165, 1.54) is 51.0 Å². The van der Waals surface area contributed by atoms with Crippen LogP contribution in [0.1, 0.15) is 44.9 Å². The molecule has 3 saturated heterocycles. The molecule has 0 N–H and O–H groups in total. The van der Waals surface area contributed by atoms with Crippen LogP contribution in [0.4, 0.5) is 0 Å². The summed E-state index contributed by atoms with van der Waals surface area (Å²) < 4.78 is 24.4. The summed E-state index contributed by atoms with van der Waals surface area (Å²) in [7, 11) is -2.09. The summed E-state index contributed by atoms with van der Waals surface area (Å²) >= 11 is 0. The van der Waals surface area contributed by atoms with Gasteiger partial charge in [-0.1, -0.05) is 25.7 Å². The van der Waals surface area contributed by atoms with E-state index >= 15 is 0 Å². The van der Waals surface area contributed by atoms with Crippen LogP contribution in [0.15, 0.2) is 0 Å². The number of hydrogen-bond donors (Lipinski definition) is 0. The molecule has 0 amide bonds. The molecule has 0 aromatic rings. The van der Waals surface area contributed by atoms with Crippen LogP contribution in [0.25, 0.3) is 0 Å². The Morgan fingerprint density at radius 1 is 0.960 bits per heavy atom. The normalized spacial score (nSPS) is 37.2. The van der Waals surface area contributed by atoms with Gasteiger partial charge in [0.05, 0.1) is 41.3 Å². The van der Waals surface area contributed by atoms with E-state index in [0.717, 1.165) is 33.0 Å². The summed E-state index contributed by atoms with van der Waals surface area (Å²) in [6.07, 6.45) is 9.12. The van der Waals surface area contributed by atoms with Crippen LogP contribution in [0.5, 0.6) is 0 Å². The maximum absolute atomic E-state index is 6.75. The van der Waals surface area contributed by atoms with Crippen molar-refractivity contribution >= 4 is 17.6 Å². The fraction of sp³-hybridized carbons (Fsp3) is 1.00. The van der Waals surface area contributed by atoms with Crippen LogP contribution in [0, 0.1) is 0 Å². The standard InChI is InChI=1S/C19H38O4Si2/c1-24(2)18(9-4-6-12-22-18)19(10-5-7-13-23-19)25(3)14-8-11-20-15-17-16-21-17/h17,24-25H,4-16H2,1-3H3. The lowest BCUT2D eigenvalue weighted by atomic mass is 9.96. The molecule has 0 saturated carbocycles. The van der Waals surface area contributed by atoms with Crippen LogP contribution < -0.4 is 0 Å². The SMILES string of the molecule is C[SiH](C)C1(C2([SiH](C)CCCOCC3CO3)CCCCO2)CCCCO1. The van der Waals surface area contributed by atoms with Crippen molar-refractivity contribution in [3.05, 3.63) is 0 Å². The van der Waals surface area contributed by atoms with E-state index in [4.69, 9.17) is 18.9 Å². The topological polar surface area (TPSA) is 40.2 Å². The molecule has 0 aromatic heterocycles. The lowest BCUT2D eigenvalue weighted by molar-refractivity contribution is -0.164. The Bertz CT molecular complexity index is 402. The van der Waals surface area contributed by atoms with Gasteiger partial charge in [0, 0.05) is 19.8 Å². The average molecular weight is 387 g/mol. The van der Waals surface area contributed by atoms with E-state index < -0.39 is 17.6 Å². The highest BCUT2D eigenvalue weighted by Gasteiger charge is 2.58. The molecule has 4 atom stereocenters. The summed E-state index contributed by atoms with van der Waals surface area (Å²) in [5.41, 5.74) is 0. The Labute approximate surface area is 157 Å². The van der Waals surface area contributed by atoms with Crippen molar-refractivity contribution in [1.82, 2.24) is 0 Å². The molecule has 0 bridgehead atoms. The first-order valence-electron chi connectivity index (χ1n) is 10.6. The summed E-state index contributed by atoms with van der Waals surface area (Å²) in [5.74, 6) is 0. The minimum atomic E-state index is -1.09. The van der Waals surface area contributed by atoms with Crippen molar-refractivity contribution in [2.45, 2.75) is 87.2 Å². The molecule has 146 valence electrons. The summed E-state index contributed by atoms with van der Waals surface area (Å²) in [6.45, 7) is 12.0. The highest BCUT2D eigenvalue weighted by molar-refractivity contribution is 6.67. The fourth-order valence-corrected chi connectivity index (χ4v) is 12.9. The van der Waals surface area contributed by atoms with Crippen LogP contribution >= 0.6 is 0 Å². The minimum Gasteiger partial charge on any atom is -0.379 e. The second kappa shape index (κ2) is 8.98. The van der Waals surface area contributed by atoms with Crippen LogP contribution in [0.2, 0.25) is 25.7 Å². The van der Waals surface area contributed by atoms with Gasteiger partial charge in [-0.3, -0.25) is 0 Å². The second-order valence-electron chi connectivity index (χ2n) is 8.62. The van der Waals surface area contributed by atoms with Crippen molar-refractivity contribution in [3.63, 3.8) is 0 Å². The first-order chi connectivity index (χ1) is 12.1. The van der Waals surface area contributed by atoms with Gasteiger partial charge in [-0.25, -0.2) is 0 Å². The van der Waals surface area contributed by atoms with Gasteiger partial charge in [0.25, 0.3) is 0 Å². The molecule has 3 aliphatic rings. The number of epoxide rings is 1. The van der Waals surface area contributed by atoms with Gasteiger partial charge >= 0.3 is 0 Å². The zero-order chi connectivity index (χ0) is 17.8. The van der Waals surface area contributed by atoms with Gasteiger partial charge in [0.1, 0.15) is 6.10 Å². The molecule has 0 spiro atoms.